The molecule has 0 aliphatic carbocycles. The summed E-state index contributed by atoms with van der Waals surface area (Å²) in [6.45, 7) is 1.99. The monoisotopic (exact) mass is 489 g/mol. The number of benzene rings is 1. The molecule has 1 aromatic carbocycles. The number of carbonyl (C=O) groups excluding carboxylic acids is 1. The topological polar surface area (TPSA) is 128 Å². The number of hydrogen-bond donors (Lipinski definition) is 2. The molecule has 0 unspecified atom stereocenters. The number of carbonyl (C=O) groups is 3. The molecule has 2 aromatic rings. The molecule has 0 bridgehead atoms. The Hall–Kier alpha value is -3.44. The number of rotatable bonds is 5. The number of carboxylic acid groups (broad SMARTS) is 2. The van der Waals surface area contributed by atoms with Crippen LogP contribution >= 0.6 is 0 Å². The number of nitrogens with zero attached hydrogens (tertiary/aromatic N) is 5. The van der Waals surface area contributed by atoms with Gasteiger partial charge in [0.1, 0.15) is 5.82 Å². The van der Waals surface area contributed by atoms with Crippen molar-refractivity contribution < 1.29 is 29.3 Å². The highest BCUT2D eigenvalue weighted by atomic mass is 16.5. The van der Waals surface area contributed by atoms with Crippen molar-refractivity contribution in [2.45, 2.75) is 31.0 Å². The van der Waals surface area contributed by atoms with Gasteiger partial charge in [0.05, 0.1) is 19.1 Å². The number of hydrogen-bond acceptors (Lipinski definition) is 7. The molecule has 3 atom stereocenters. The fraction of sp³-hybridized carbons (Fsp3) is 0.500. The molecule has 192 valence electrons. The van der Waals surface area contributed by atoms with Crippen LogP contribution in [0.2, 0.25) is 0 Å². The minimum absolute atomic E-state index is 0.0132. The van der Waals surface area contributed by atoms with E-state index < -0.39 is 0 Å². The molecule has 2 aliphatic rings. The summed E-state index contributed by atoms with van der Waals surface area (Å²) in [5, 5.41) is 13.8. The third-order valence-electron chi connectivity index (χ3n) is 6.07. The van der Waals surface area contributed by atoms with Crippen LogP contribution in [0.5, 0.6) is 0 Å². The average molecular weight is 490 g/mol. The van der Waals surface area contributed by atoms with E-state index in [9.17, 15) is 4.79 Å². The predicted molar refractivity (Wildman–Crippen MR) is 131 cm³/mol. The van der Waals surface area contributed by atoms with Gasteiger partial charge >= 0.3 is 0 Å². The zero-order chi connectivity index (χ0) is 26.0. The lowest BCUT2D eigenvalue weighted by Gasteiger charge is -2.35. The first-order valence-corrected chi connectivity index (χ1v) is 11.3. The van der Waals surface area contributed by atoms with Crippen molar-refractivity contribution in [1.82, 2.24) is 19.4 Å². The summed E-state index contributed by atoms with van der Waals surface area (Å²) < 4.78 is 8.32. The summed E-state index contributed by atoms with van der Waals surface area (Å²) in [5.41, 5.74) is 2.32. The van der Waals surface area contributed by atoms with Gasteiger partial charge in [-0.25, -0.2) is 4.98 Å². The van der Waals surface area contributed by atoms with Crippen LogP contribution in [0.1, 0.15) is 18.9 Å². The van der Waals surface area contributed by atoms with Crippen molar-refractivity contribution in [2.24, 2.45) is 0 Å². The summed E-state index contributed by atoms with van der Waals surface area (Å²) >= 11 is 0. The molecule has 0 spiro atoms. The maximum Gasteiger partial charge on any atom is 0.290 e. The predicted octanol–water partition coefficient (Wildman–Crippen LogP) is 1.51. The standard InChI is InChI=1S/C22H31N5O2.2CH2O2/c1-24(2)17-7-5-16(6-8-17)22-23-9-10-27(22)18-11-19-15-29-20(14-26(19)13-18)12-21(28)25(3)4;2*2-1-3/h5-10,18-20H,11-15H2,1-4H3;2*1H,(H,2,3)/t18-,19+,20+;;/m1../s1. The lowest BCUT2D eigenvalue weighted by Crippen LogP contribution is -2.47. The highest BCUT2D eigenvalue weighted by molar-refractivity contribution is 5.76. The Kier molecular flexibility index (Phi) is 10.7. The molecule has 2 saturated heterocycles. The van der Waals surface area contributed by atoms with Crippen LogP contribution in [-0.4, -0.2) is 108 Å². The molecule has 2 N–H and O–H groups in total. The molecule has 0 radical (unpaired) electrons. The molecule has 1 amide bonds. The van der Waals surface area contributed by atoms with E-state index in [4.69, 9.17) is 24.5 Å². The number of anilines is 1. The highest BCUT2D eigenvalue weighted by Crippen LogP contribution is 2.34. The molecule has 11 nitrogen and oxygen atoms in total. The zero-order valence-electron chi connectivity index (χ0n) is 20.6. The zero-order valence-corrected chi connectivity index (χ0v) is 20.6. The maximum atomic E-state index is 12.0. The van der Waals surface area contributed by atoms with Crippen molar-refractivity contribution in [1.29, 1.82) is 0 Å². The second-order valence-electron chi connectivity index (χ2n) is 8.76. The molecular formula is C24H35N5O6. The maximum absolute atomic E-state index is 12.0. The van der Waals surface area contributed by atoms with E-state index >= 15 is 0 Å². The van der Waals surface area contributed by atoms with Gasteiger partial charge in [-0.2, -0.15) is 0 Å². The van der Waals surface area contributed by atoms with Crippen LogP contribution in [0.3, 0.4) is 0 Å². The molecular weight excluding hydrogens is 454 g/mol. The second kappa shape index (κ2) is 13.4. The third-order valence-corrected chi connectivity index (χ3v) is 6.07. The van der Waals surface area contributed by atoms with Gasteiger partial charge in [0.15, 0.2) is 0 Å². The number of fused-ring (bicyclic) bond motifs is 1. The SMILES string of the molecule is CN(C)C(=O)C[C@H]1CN2C[C@H](n3ccnc3-c3ccc(N(C)C)cc3)C[C@H]2CO1.O=CO.O=CO. The van der Waals surface area contributed by atoms with Gasteiger partial charge in [0.2, 0.25) is 5.91 Å². The van der Waals surface area contributed by atoms with Gasteiger partial charge < -0.3 is 29.3 Å². The molecule has 0 saturated carbocycles. The van der Waals surface area contributed by atoms with Crippen LogP contribution in [0.25, 0.3) is 11.4 Å². The number of imidazole rings is 1. The fourth-order valence-electron chi connectivity index (χ4n) is 4.36. The Morgan fingerprint density at radius 3 is 2.29 bits per heavy atom. The van der Waals surface area contributed by atoms with Gasteiger partial charge in [-0.3, -0.25) is 19.3 Å². The quantitative estimate of drug-likeness (QED) is 0.601. The molecule has 11 heteroatoms. The molecule has 1 aromatic heterocycles. The first-order chi connectivity index (χ1) is 16.7. The number of ether oxygens (including phenoxy) is 1. The van der Waals surface area contributed by atoms with Gasteiger partial charge in [-0.05, 0) is 30.7 Å². The number of amides is 1. The minimum atomic E-state index is -0.250. The van der Waals surface area contributed by atoms with E-state index in [0.717, 1.165) is 30.9 Å². The summed E-state index contributed by atoms with van der Waals surface area (Å²) in [5.74, 6) is 1.14. The van der Waals surface area contributed by atoms with Gasteiger partial charge in [-0.15, -0.1) is 0 Å². The van der Waals surface area contributed by atoms with Gasteiger partial charge in [0.25, 0.3) is 12.9 Å². The first kappa shape index (κ1) is 27.8. The van der Waals surface area contributed by atoms with Crippen LogP contribution in [0.15, 0.2) is 36.7 Å². The van der Waals surface area contributed by atoms with Crippen LogP contribution in [-0.2, 0) is 19.1 Å². The van der Waals surface area contributed by atoms with E-state index in [1.807, 2.05) is 20.3 Å². The Bertz CT molecular complexity index is 940. The van der Waals surface area contributed by atoms with E-state index in [1.54, 1.807) is 19.0 Å². The Morgan fingerprint density at radius 2 is 1.71 bits per heavy atom. The number of morpholine rings is 1. The Labute approximate surface area is 205 Å². The number of aromatic nitrogens is 2. The van der Waals surface area contributed by atoms with Gasteiger partial charge in [-0.1, -0.05) is 0 Å². The summed E-state index contributed by atoms with van der Waals surface area (Å²) in [4.78, 5) is 39.6. The van der Waals surface area contributed by atoms with Crippen LogP contribution in [0, 0.1) is 0 Å². The van der Waals surface area contributed by atoms with E-state index in [-0.39, 0.29) is 25.0 Å². The van der Waals surface area contributed by atoms with Crippen molar-refractivity contribution in [2.75, 3.05) is 52.8 Å². The van der Waals surface area contributed by atoms with Crippen molar-refractivity contribution in [3.05, 3.63) is 36.7 Å². The van der Waals surface area contributed by atoms with E-state index in [1.165, 1.54) is 5.69 Å². The summed E-state index contributed by atoms with van der Waals surface area (Å²) in [6.07, 6.45) is 5.47. The second-order valence-corrected chi connectivity index (χ2v) is 8.76. The molecule has 4 rings (SSSR count). The van der Waals surface area contributed by atoms with Crippen molar-refractivity contribution in [3.63, 3.8) is 0 Å². The fourth-order valence-corrected chi connectivity index (χ4v) is 4.36. The summed E-state index contributed by atoms with van der Waals surface area (Å²) in [7, 11) is 7.69. The Balaban J connectivity index is 0.000000655. The normalized spacial score (nSPS) is 20.9. The largest absolute Gasteiger partial charge is 0.483 e. The van der Waals surface area contributed by atoms with Crippen molar-refractivity contribution >= 4 is 24.5 Å². The summed E-state index contributed by atoms with van der Waals surface area (Å²) in [6, 6.07) is 9.33. The highest BCUT2D eigenvalue weighted by Gasteiger charge is 2.39. The molecule has 2 aliphatic heterocycles. The molecule has 2 fully saturated rings. The molecule has 35 heavy (non-hydrogen) atoms. The van der Waals surface area contributed by atoms with Crippen molar-refractivity contribution in [3.8, 4) is 11.4 Å². The van der Waals surface area contributed by atoms with E-state index in [0.29, 0.717) is 25.1 Å². The molecule has 3 heterocycles. The van der Waals surface area contributed by atoms with Gasteiger partial charge in [0, 0.05) is 77.0 Å². The smallest absolute Gasteiger partial charge is 0.290 e. The lowest BCUT2D eigenvalue weighted by molar-refractivity contribution is -0.134. The van der Waals surface area contributed by atoms with E-state index in [2.05, 4.69) is 49.8 Å². The first-order valence-electron chi connectivity index (χ1n) is 11.3. The van der Waals surface area contributed by atoms with Crippen LogP contribution in [0.4, 0.5) is 5.69 Å². The average Bonchev–Trinajstić information content (AvgIpc) is 3.47. The Morgan fingerprint density at radius 1 is 1.09 bits per heavy atom. The third kappa shape index (κ3) is 7.52. The lowest BCUT2D eigenvalue weighted by atomic mass is 10.1. The minimum Gasteiger partial charge on any atom is -0.483 e. The van der Waals surface area contributed by atoms with Crippen LogP contribution < -0.4 is 4.90 Å².